The molecule has 0 unspecified atom stereocenters. The molecule has 1 aromatic carbocycles. The van der Waals surface area contributed by atoms with E-state index in [9.17, 15) is 9.59 Å². The molecular formula is C21H20ClN3O3. The van der Waals surface area contributed by atoms with E-state index in [0.29, 0.717) is 11.6 Å². The van der Waals surface area contributed by atoms with Crippen LogP contribution in [0, 0.1) is 23.2 Å². The van der Waals surface area contributed by atoms with Crippen molar-refractivity contribution in [1.82, 2.24) is 15.2 Å². The van der Waals surface area contributed by atoms with Gasteiger partial charge in [-0.05, 0) is 37.5 Å². The summed E-state index contributed by atoms with van der Waals surface area (Å²) < 4.78 is 5.88. The standard InChI is InChI=1S/C21H20ClN3O3/c1-25-11-12(6-18(25)26)19(27)23-15-4-5-21(10-15)8-13(9-21)20-24-16-7-14(22)2-3-17(16)28-20/h2-3,7,12-13,15H,6,8-11H2,1H3,(H,23,27)/t12-,13-,15+,21-/m1/s1. The summed E-state index contributed by atoms with van der Waals surface area (Å²) in [6.45, 7) is 0.486. The summed E-state index contributed by atoms with van der Waals surface area (Å²) in [6.07, 6.45) is 2.85. The number of benzene rings is 1. The molecule has 2 heterocycles. The van der Waals surface area contributed by atoms with Crippen LogP contribution in [-0.2, 0) is 9.59 Å². The first-order valence-electron chi connectivity index (χ1n) is 9.54. The van der Waals surface area contributed by atoms with Crippen LogP contribution in [0.1, 0.15) is 37.5 Å². The van der Waals surface area contributed by atoms with E-state index in [1.165, 1.54) is 0 Å². The summed E-state index contributed by atoms with van der Waals surface area (Å²) in [4.78, 5) is 30.2. The summed E-state index contributed by atoms with van der Waals surface area (Å²) in [5, 5.41) is 3.67. The van der Waals surface area contributed by atoms with Gasteiger partial charge >= 0.3 is 0 Å². The fraction of sp³-hybridized carbons (Fsp3) is 0.476. The Morgan fingerprint density at radius 3 is 2.96 bits per heavy atom. The molecule has 1 N–H and O–H groups in total. The highest BCUT2D eigenvalue weighted by Crippen LogP contribution is 2.55. The molecule has 0 radical (unpaired) electrons. The fourth-order valence-electron chi connectivity index (χ4n) is 4.57. The minimum Gasteiger partial charge on any atom is -0.440 e. The highest BCUT2D eigenvalue weighted by Gasteiger charge is 2.49. The van der Waals surface area contributed by atoms with Crippen LogP contribution < -0.4 is 5.32 Å². The molecule has 2 aliphatic carbocycles. The van der Waals surface area contributed by atoms with E-state index >= 15 is 0 Å². The molecule has 3 aliphatic rings. The number of nitrogens with one attached hydrogen (secondary N) is 1. The van der Waals surface area contributed by atoms with Crippen molar-refractivity contribution in [2.45, 2.75) is 37.6 Å². The maximum absolute atomic E-state index is 12.4. The monoisotopic (exact) mass is 397 g/mol. The van der Waals surface area contributed by atoms with Gasteiger partial charge in [0.25, 0.3) is 0 Å². The summed E-state index contributed by atoms with van der Waals surface area (Å²) in [5.74, 6) is 7.20. The van der Waals surface area contributed by atoms with Crippen LogP contribution in [0.4, 0.5) is 0 Å². The summed E-state index contributed by atoms with van der Waals surface area (Å²) in [5.41, 5.74) is 1.46. The van der Waals surface area contributed by atoms with Crippen LogP contribution in [0.15, 0.2) is 22.6 Å². The zero-order valence-electron chi connectivity index (χ0n) is 15.5. The Balaban J connectivity index is 1.19. The number of likely N-dealkylation sites (tertiary alicyclic amines) is 1. The predicted molar refractivity (Wildman–Crippen MR) is 103 cm³/mol. The molecule has 0 bridgehead atoms. The number of hydrogen-bond acceptors (Lipinski definition) is 4. The maximum atomic E-state index is 12.4. The second-order valence-electron chi connectivity index (χ2n) is 8.26. The second-order valence-corrected chi connectivity index (χ2v) is 8.70. The Labute approximate surface area is 167 Å². The van der Waals surface area contributed by atoms with Crippen LogP contribution >= 0.6 is 11.6 Å². The smallest absolute Gasteiger partial charge is 0.226 e. The number of nitrogens with zero attached hydrogens (tertiary/aromatic N) is 2. The third-order valence-electron chi connectivity index (χ3n) is 6.12. The summed E-state index contributed by atoms with van der Waals surface area (Å²) >= 11 is 6.02. The molecule has 2 atom stereocenters. The lowest BCUT2D eigenvalue weighted by Crippen LogP contribution is -2.42. The molecule has 1 saturated carbocycles. The topological polar surface area (TPSA) is 75.4 Å². The Kier molecular flexibility index (Phi) is 3.92. The molecule has 144 valence electrons. The Morgan fingerprint density at radius 1 is 1.39 bits per heavy atom. The van der Waals surface area contributed by atoms with E-state index in [1.54, 1.807) is 18.0 Å². The fourth-order valence-corrected chi connectivity index (χ4v) is 4.74. The molecule has 2 fully saturated rings. The molecule has 1 aromatic heterocycles. The lowest BCUT2D eigenvalue weighted by atomic mass is 9.61. The Hall–Kier alpha value is -2.52. The van der Waals surface area contributed by atoms with E-state index in [4.69, 9.17) is 16.0 Å². The van der Waals surface area contributed by atoms with Crippen molar-refractivity contribution in [3.8, 4) is 11.8 Å². The quantitative estimate of drug-likeness (QED) is 0.808. The third-order valence-corrected chi connectivity index (χ3v) is 6.36. The third kappa shape index (κ3) is 2.94. The van der Waals surface area contributed by atoms with Crippen molar-refractivity contribution in [2.75, 3.05) is 13.6 Å². The van der Waals surface area contributed by atoms with Crippen molar-refractivity contribution >= 4 is 34.5 Å². The average molecular weight is 398 g/mol. The van der Waals surface area contributed by atoms with Gasteiger partial charge in [-0.15, -0.1) is 0 Å². The van der Waals surface area contributed by atoms with Gasteiger partial charge in [0, 0.05) is 36.4 Å². The van der Waals surface area contributed by atoms with Crippen LogP contribution in [0.5, 0.6) is 0 Å². The molecule has 7 heteroatoms. The maximum Gasteiger partial charge on any atom is 0.226 e. The molecule has 28 heavy (non-hydrogen) atoms. The largest absolute Gasteiger partial charge is 0.440 e. The SMILES string of the molecule is CN1C[C@H](C(=O)N[C@H]2C#C[C@]3(C2)C[C@H](c2nc4cc(Cl)ccc4o2)C3)CC1=O. The number of rotatable bonds is 3. The van der Waals surface area contributed by atoms with Gasteiger partial charge in [-0.1, -0.05) is 23.4 Å². The molecule has 2 amide bonds. The van der Waals surface area contributed by atoms with Gasteiger partial charge in [0.05, 0.1) is 12.0 Å². The Bertz CT molecular complexity index is 1040. The number of aromatic nitrogens is 1. The van der Waals surface area contributed by atoms with Crippen molar-refractivity contribution in [1.29, 1.82) is 0 Å². The first-order valence-corrected chi connectivity index (χ1v) is 9.92. The van der Waals surface area contributed by atoms with Gasteiger partial charge < -0.3 is 14.6 Å². The number of hydrogen-bond donors (Lipinski definition) is 1. The van der Waals surface area contributed by atoms with Gasteiger partial charge in [-0.25, -0.2) is 4.98 Å². The van der Waals surface area contributed by atoms with E-state index < -0.39 is 0 Å². The Morgan fingerprint density at radius 2 is 2.21 bits per heavy atom. The molecule has 1 saturated heterocycles. The first-order chi connectivity index (χ1) is 13.4. The zero-order valence-corrected chi connectivity index (χ0v) is 16.3. The number of fused-ring (bicyclic) bond motifs is 1. The van der Waals surface area contributed by atoms with Crippen molar-refractivity contribution < 1.29 is 14.0 Å². The van der Waals surface area contributed by atoms with Crippen LogP contribution in [-0.4, -0.2) is 41.3 Å². The number of carbonyl (C=O) groups excluding carboxylic acids is 2. The predicted octanol–water partition coefficient (Wildman–Crippen LogP) is 2.72. The number of halogens is 1. The number of carbonyl (C=O) groups is 2. The highest BCUT2D eigenvalue weighted by molar-refractivity contribution is 6.31. The first kappa shape index (κ1) is 17.6. The van der Waals surface area contributed by atoms with Crippen LogP contribution in [0.3, 0.4) is 0 Å². The zero-order chi connectivity index (χ0) is 19.5. The van der Waals surface area contributed by atoms with Gasteiger partial charge in [0.1, 0.15) is 5.52 Å². The van der Waals surface area contributed by atoms with E-state index in [1.807, 2.05) is 12.1 Å². The normalized spacial score (nSPS) is 31.1. The van der Waals surface area contributed by atoms with E-state index in [-0.39, 0.29) is 41.5 Å². The molecule has 1 spiro atoms. The minimum atomic E-state index is -0.267. The molecule has 5 rings (SSSR count). The van der Waals surface area contributed by atoms with Gasteiger partial charge in [0.15, 0.2) is 11.5 Å². The average Bonchev–Trinajstić information content (AvgIpc) is 3.31. The van der Waals surface area contributed by atoms with Gasteiger partial charge in [0.2, 0.25) is 11.8 Å². The van der Waals surface area contributed by atoms with Crippen molar-refractivity contribution in [3.05, 3.63) is 29.1 Å². The molecule has 2 aromatic rings. The van der Waals surface area contributed by atoms with Crippen LogP contribution in [0.25, 0.3) is 11.1 Å². The van der Waals surface area contributed by atoms with E-state index in [0.717, 1.165) is 36.3 Å². The molecular weight excluding hydrogens is 378 g/mol. The molecule has 6 nitrogen and oxygen atoms in total. The van der Waals surface area contributed by atoms with E-state index in [2.05, 4.69) is 22.1 Å². The second kappa shape index (κ2) is 6.25. The lowest BCUT2D eigenvalue weighted by Gasteiger charge is -2.41. The van der Waals surface area contributed by atoms with Gasteiger partial charge in [-0.2, -0.15) is 0 Å². The minimum absolute atomic E-state index is 0.0237. The summed E-state index contributed by atoms with van der Waals surface area (Å²) in [6, 6.07) is 5.31. The summed E-state index contributed by atoms with van der Waals surface area (Å²) in [7, 11) is 1.73. The van der Waals surface area contributed by atoms with Crippen molar-refractivity contribution in [2.24, 2.45) is 11.3 Å². The van der Waals surface area contributed by atoms with Gasteiger partial charge in [-0.3, -0.25) is 9.59 Å². The highest BCUT2D eigenvalue weighted by atomic mass is 35.5. The lowest BCUT2D eigenvalue weighted by molar-refractivity contribution is -0.128. The molecule has 1 aliphatic heterocycles. The number of oxazole rings is 1. The number of amides is 2. The van der Waals surface area contributed by atoms with Crippen LogP contribution in [0.2, 0.25) is 5.02 Å². The van der Waals surface area contributed by atoms with Crippen molar-refractivity contribution in [3.63, 3.8) is 0 Å².